The molecule has 6 heteroatoms. The van der Waals surface area contributed by atoms with Gasteiger partial charge in [-0.1, -0.05) is 0 Å². The van der Waals surface area contributed by atoms with E-state index >= 15 is 0 Å². The predicted octanol–water partition coefficient (Wildman–Crippen LogP) is 1.10. The second-order valence-electron chi connectivity index (χ2n) is 4.89. The number of likely N-dealkylation sites (tertiary alicyclic amines) is 1. The minimum Gasteiger partial charge on any atom is -0.384 e. The third kappa shape index (κ3) is 4.04. The van der Waals surface area contributed by atoms with E-state index in [0.29, 0.717) is 30.9 Å². The summed E-state index contributed by atoms with van der Waals surface area (Å²) < 4.78 is 5.31. The number of anilines is 2. The van der Waals surface area contributed by atoms with Crippen molar-refractivity contribution in [1.82, 2.24) is 14.9 Å². The molecule has 0 amide bonds. The van der Waals surface area contributed by atoms with Crippen molar-refractivity contribution in [3.8, 4) is 0 Å². The van der Waals surface area contributed by atoms with Crippen molar-refractivity contribution >= 4 is 11.6 Å². The predicted molar refractivity (Wildman–Crippen MR) is 75.9 cm³/mol. The summed E-state index contributed by atoms with van der Waals surface area (Å²) in [7, 11) is 2.16. The summed E-state index contributed by atoms with van der Waals surface area (Å²) in [6, 6.07) is 2.34. The fourth-order valence-corrected chi connectivity index (χ4v) is 2.33. The Balaban J connectivity index is 1.93. The molecule has 1 aliphatic heterocycles. The van der Waals surface area contributed by atoms with Crippen LogP contribution in [0.4, 0.5) is 11.6 Å². The molecule has 1 aromatic rings. The van der Waals surface area contributed by atoms with Gasteiger partial charge in [0.25, 0.3) is 0 Å². The van der Waals surface area contributed by atoms with Gasteiger partial charge in [0.1, 0.15) is 18.2 Å². The summed E-state index contributed by atoms with van der Waals surface area (Å²) in [4.78, 5) is 10.9. The van der Waals surface area contributed by atoms with Crippen molar-refractivity contribution < 1.29 is 4.74 Å². The van der Waals surface area contributed by atoms with Crippen molar-refractivity contribution in [2.24, 2.45) is 0 Å². The number of rotatable bonds is 6. The number of hydrogen-bond acceptors (Lipinski definition) is 6. The summed E-state index contributed by atoms with van der Waals surface area (Å²) in [5.74, 6) is 1.89. The van der Waals surface area contributed by atoms with E-state index in [0.717, 1.165) is 12.4 Å². The van der Waals surface area contributed by atoms with E-state index < -0.39 is 0 Å². The van der Waals surface area contributed by atoms with Gasteiger partial charge in [-0.05, 0) is 33.4 Å². The first kappa shape index (κ1) is 14.0. The van der Waals surface area contributed by atoms with Crippen LogP contribution in [0.25, 0.3) is 0 Å². The maximum absolute atomic E-state index is 5.79. The summed E-state index contributed by atoms with van der Waals surface area (Å²) in [5, 5.41) is 3.35. The van der Waals surface area contributed by atoms with Crippen molar-refractivity contribution in [2.45, 2.75) is 32.4 Å². The molecule has 6 nitrogen and oxygen atoms in total. The fraction of sp³-hybridized carbons (Fsp3) is 0.692. The molecule has 0 radical (unpaired) electrons. The van der Waals surface area contributed by atoms with Gasteiger partial charge in [0, 0.05) is 25.3 Å². The summed E-state index contributed by atoms with van der Waals surface area (Å²) in [5.41, 5.74) is 5.79. The molecule has 106 valence electrons. The zero-order valence-electron chi connectivity index (χ0n) is 11.7. The van der Waals surface area contributed by atoms with Gasteiger partial charge in [0.05, 0.1) is 0 Å². The van der Waals surface area contributed by atoms with Gasteiger partial charge in [0.2, 0.25) is 0 Å². The Morgan fingerprint density at radius 1 is 1.53 bits per heavy atom. The van der Waals surface area contributed by atoms with E-state index in [2.05, 4.69) is 27.2 Å². The fourth-order valence-electron chi connectivity index (χ4n) is 2.33. The van der Waals surface area contributed by atoms with Crippen LogP contribution in [0.3, 0.4) is 0 Å². The second-order valence-corrected chi connectivity index (χ2v) is 4.89. The van der Waals surface area contributed by atoms with Gasteiger partial charge >= 0.3 is 0 Å². The van der Waals surface area contributed by atoms with Crippen LogP contribution in [-0.2, 0) is 11.3 Å². The Bertz CT molecular complexity index is 412. The smallest absolute Gasteiger partial charge is 0.158 e. The molecule has 1 aliphatic rings. The van der Waals surface area contributed by atoms with Crippen LogP contribution >= 0.6 is 0 Å². The standard InChI is InChI=1S/C13H23N5O/c1-3-19-9-13-16-11(14)7-12(17-13)15-8-10-5-4-6-18(10)2/h7,10H,3-6,8-9H2,1-2H3,(H3,14,15,16,17). The number of nitrogens with zero attached hydrogens (tertiary/aromatic N) is 3. The molecular formula is C13H23N5O. The Morgan fingerprint density at radius 3 is 3.05 bits per heavy atom. The van der Waals surface area contributed by atoms with Crippen molar-refractivity contribution in [1.29, 1.82) is 0 Å². The van der Waals surface area contributed by atoms with E-state index in [1.54, 1.807) is 6.07 Å². The number of likely N-dealkylation sites (N-methyl/N-ethyl adjacent to an activating group) is 1. The maximum atomic E-state index is 5.79. The molecular weight excluding hydrogens is 242 g/mol. The zero-order chi connectivity index (χ0) is 13.7. The molecule has 1 saturated heterocycles. The van der Waals surface area contributed by atoms with Crippen LogP contribution in [0.1, 0.15) is 25.6 Å². The Kier molecular flexibility index (Phi) is 4.93. The highest BCUT2D eigenvalue weighted by molar-refractivity contribution is 5.44. The van der Waals surface area contributed by atoms with E-state index in [4.69, 9.17) is 10.5 Å². The van der Waals surface area contributed by atoms with E-state index in [9.17, 15) is 0 Å². The van der Waals surface area contributed by atoms with Crippen molar-refractivity contribution in [3.63, 3.8) is 0 Å². The third-order valence-electron chi connectivity index (χ3n) is 3.42. The third-order valence-corrected chi connectivity index (χ3v) is 3.42. The quantitative estimate of drug-likeness (QED) is 0.802. The summed E-state index contributed by atoms with van der Waals surface area (Å²) in [6.45, 7) is 5.06. The van der Waals surface area contributed by atoms with Crippen LogP contribution in [0.2, 0.25) is 0 Å². The molecule has 0 bridgehead atoms. The number of nitrogens with one attached hydrogen (secondary N) is 1. The van der Waals surface area contributed by atoms with Crippen molar-refractivity contribution in [2.75, 3.05) is 37.8 Å². The lowest BCUT2D eigenvalue weighted by Gasteiger charge is -2.20. The lowest BCUT2D eigenvalue weighted by molar-refractivity contribution is 0.128. The molecule has 0 spiro atoms. The van der Waals surface area contributed by atoms with E-state index in [-0.39, 0.29) is 0 Å². The first-order valence-electron chi connectivity index (χ1n) is 6.84. The molecule has 1 fully saturated rings. The lowest BCUT2D eigenvalue weighted by Crippen LogP contribution is -2.31. The number of ether oxygens (including phenoxy) is 1. The number of hydrogen-bond donors (Lipinski definition) is 2. The molecule has 1 atom stereocenters. The molecule has 1 aromatic heterocycles. The minimum absolute atomic E-state index is 0.402. The average molecular weight is 265 g/mol. The lowest BCUT2D eigenvalue weighted by atomic mass is 10.2. The number of aromatic nitrogens is 2. The summed E-state index contributed by atoms with van der Waals surface area (Å²) in [6.07, 6.45) is 2.50. The van der Waals surface area contributed by atoms with Gasteiger partial charge in [-0.2, -0.15) is 0 Å². The van der Waals surface area contributed by atoms with Gasteiger partial charge < -0.3 is 20.7 Å². The van der Waals surface area contributed by atoms with E-state index in [1.165, 1.54) is 19.4 Å². The summed E-state index contributed by atoms with van der Waals surface area (Å²) >= 11 is 0. The number of nitrogen functional groups attached to an aromatic ring is 1. The monoisotopic (exact) mass is 265 g/mol. The molecule has 0 aromatic carbocycles. The molecule has 1 unspecified atom stereocenters. The highest BCUT2D eigenvalue weighted by Crippen LogP contribution is 2.16. The molecule has 19 heavy (non-hydrogen) atoms. The van der Waals surface area contributed by atoms with Gasteiger partial charge in [-0.3, -0.25) is 0 Å². The van der Waals surface area contributed by atoms with Gasteiger partial charge in [0.15, 0.2) is 5.82 Å². The van der Waals surface area contributed by atoms with Crippen LogP contribution < -0.4 is 11.1 Å². The highest BCUT2D eigenvalue weighted by atomic mass is 16.5. The second kappa shape index (κ2) is 6.68. The van der Waals surface area contributed by atoms with Crippen molar-refractivity contribution in [3.05, 3.63) is 11.9 Å². The average Bonchev–Trinajstić information content (AvgIpc) is 2.79. The first-order chi connectivity index (χ1) is 9.19. The van der Waals surface area contributed by atoms with Crippen LogP contribution in [0.15, 0.2) is 6.07 Å². The highest BCUT2D eigenvalue weighted by Gasteiger charge is 2.20. The Morgan fingerprint density at radius 2 is 2.37 bits per heavy atom. The van der Waals surface area contributed by atoms with Gasteiger partial charge in [-0.25, -0.2) is 9.97 Å². The number of nitrogens with two attached hydrogens (primary N) is 1. The molecule has 3 N–H and O–H groups in total. The molecule has 0 aliphatic carbocycles. The Hall–Kier alpha value is -1.40. The molecule has 2 heterocycles. The maximum Gasteiger partial charge on any atom is 0.158 e. The first-order valence-corrected chi connectivity index (χ1v) is 6.84. The Labute approximate surface area is 114 Å². The minimum atomic E-state index is 0.402. The van der Waals surface area contributed by atoms with E-state index in [1.807, 2.05) is 6.92 Å². The topological polar surface area (TPSA) is 76.3 Å². The largest absolute Gasteiger partial charge is 0.384 e. The van der Waals surface area contributed by atoms with Crippen LogP contribution in [-0.4, -0.2) is 47.7 Å². The molecule has 0 saturated carbocycles. The van der Waals surface area contributed by atoms with Gasteiger partial charge in [-0.15, -0.1) is 0 Å². The molecule has 2 rings (SSSR count). The normalized spacial score (nSPS) is 19.8. The SMILES string of the molecule is CCOCc1nc(N)cc(NCC2CCCN2C)n1. The van der Waals surface area contributed by atoms with Crippen LogP contribution in [0.5, 0.6) is 0 Å². The van der Waals surface area contributed by atoms with Crippen LogP contribution in [0, 0.1) is 0 Å². The zero-order valence-corrected chi connectivity index (χ0v) is 11.7.